The van der Waals surface area contributed by atoms with E-state index in [1.54, 1.807) is 4.90 Å². The summed E-state index contributed by atoms with van der Waals surface area (Å²) in [5.74, 6) is 1.28. The van der Waals surface area contributed by atoms with Gasteiger partial charge < -0.3 is 14.2 Å². The van der Waals surface area contributed by atoms with E-state index in [0.29, 0.717) is 57.3 Å². The number of hydrogen-bond acceptors (Lipinski definition) is 7. The Labute approximate surface area is 176 Å². The Morgan fingerprint density at radius 2 is 1.87 bits per heavy atom. The van der Waals surface area contributed by atoms with Crippen LogP contribution in [0.3, 0.4) is 0 Å². The third-order valence-corrected chi connectivity index (χ3v) is 6.97. The van der Waals surface area contributed by atoms with Gasteiger partial charge in [-0.25, -0.2) is 12.7 Å². The largest absolute Gasteiger partial charge is 0.367 e. The summed E-state index contributed by atoms with van der Waals surface area (Å²) in [5.41, 5.74) is 1.03. The van der Waals surface area contributed by atoms with E-state index in [-0.39, 0.29) is 24.3 Å². The molecule has 0 bridgehead atoms. The van der Waals surface area contributed by atoms with Crippen LogP contribution in [0, 0.1) is 0 Å². The maximum atomic E-state index is 12.2. The first-order valence-electron chi connectivity index (χ1n) is 10.1. The normalized spacial score (nSPS) is 19.0. The predicted octanol–water partition coefficient (Wildman–Crippen LogP) is 1.35. The molecule has 0 spiro atoms. The summed E-state index contributed by atoms with van der Waals surface area (Å²) in [6.45, 7) is 2.50. The van der Waals surface area contributed by atoms with Crippen LogP contribution in [0.5, 0.6) is 0 Å². The number of carbonyl (C=O) groups is 1. The van der Waals surface area contributed by atoms with Crippen molar-refractivity contribution < 1.29 is 22.5 Å². The van der Waals surface area contributed by atoms with E-state index in [2.05, 4.69) is 10.1 Å². The second-order valence-electron chi connectivity index (χ2n) is 7.90. The molecule has 30 heavy (non-hydrogen) atoms. The standard InChI is InChI=1S/C20H26N4O5S/c1-30(26,27)24-9-7-16(8-10-24)19-21-20(29-22-19)17-11-23(12-17)18(25)14-28-13-15-5-3-2-4-6-15/h2-6,16-17H,7-14H2,1H3. The second-order valence-corrected chi connectivity index (χ2v) is 9.88. The summed E-state index contributed by atoms with van der Waals surface area (Å²) in [7, 11) is -3.15. The van der Waals surface area contributed by atoms with Crippen molar-refractivity contribution in [3.8, 4) is 0 Å². The summed E-state index contributed by atoms with van der Waals surface area (Å²) >= 11 is 0. The lowest BCUT2D eigenvalue weighted by atomic mass is 9.97. The zero-order valence-corrected chi connectivity index (χ0v) is 17.8. The number of piperidine rings is 1. The van der Waals surface area contributed by atoms with Crippen LogP contribution in [0.2, 0.25) is 0 Å². The van der Waals surface area contributed by atoms with Crippen LogP contribution in [0.25, 0.3) is 0 Å². The number of nitrogens with zero attached hydrogens (tertiary/aromatic N) is 4. The molecule has 1 amide bonds. The molecule has 0 radical (unpaired) electrons. The maximum Gasteiger partial charge on any atom is 0.248 e. The predicted molar refractivity (Wildman–Crippen MR) is 108 cm³/mol. The zero-order chi connectivity index (χ0) is 21.1. The smallest absolute Gasteiger partial charge is 0.248 e. The molecule has 2 fully saturated rings. The highest BCUT2D eigenvalue weighted by molar-refractivity contribution is 7.88. The van der Waals surface area contributed by atoms with Gasteiger partial charge in [-0.05, 0) is 18.4 Å². The minimum Gasteiger partial charge on any atom is -0.367 e. The van der Waals surface area contributed by atoms with E-state index in [1.807, 2.05) is 30.3 Å². The van der Waals surface area contributed by atoms with Crippen molar-refractivity contribution in [3.05, 3.63) is 47.6 Å². The number of likely N-dealkylation sites (tertiary alicyclic amines) is 1. The van der Waals surface area contributed by atoms with Gasteiger partial charge in [-0.1, -0.05) is 35.5 Å². The molecule has 0 N–H and O–H groups in total. The minimum absolute atomic E-state index is 0.0421. The fourth-order valence-corrected chi connectivity index (χ4v) is 4.66. The van der Waals surface area contributed by atoms with Crippen LogP contribution in [0.15, 0.2) is 34.9 Å². The van der Waals surface area contributed by atoms with Gasteiger partial charge in [0.2, 0.25) is 21.8 Å². The molecule has 9 nitrogen and oxygen atoms in total. The summed E-state index contributed by atoms with van der Waals surface area (Å²) < 4.78 is 35.7. The van der Waals surface area contributed by atoms with Gasteiger partial charge >= 0.3 is 0 Å². The number of amides is 1. The van der Waals surface area contributed by atoms with Crippen molar-refractivity contribution in [1.29, 1.82) is 0 Å². The lowest BCUT2D eigenvalue weighted by molar-refractivity contribution is -0.141. The topological polar surface area (TPSA) is 106 Å². The Morgan fingerprint density at radius 3 is 2.53 bits per heavy atom. The number of benzene rings is 1. The lowest BCUT2D eigenvalue weighted by Crippen LogP contribution is -2.49. The Bertz CT molecular complexity index is 964. The summed E-state index contributed by atoms with van der Waals surface area (Å²) in [5, 5.41) is 4.10. The highest BCUT2D eigenvalue weighted by Gasteiger charge is 2.36. The summed E-state index contributed by atoms with van der Waals surface area (Å²) in [6, 6.07) is 9.74. The average Bonchev–Trinajstić information content (AvgIpc) is 3.17. The number of ether oxygens (including phenoxy) is 1. The van der Waals surface area contributed by atoms with Gasteiger partial charge in [0.25, 0.3) is 0 Å². The molecular formula is C20H26N4O5S. The number of rotatable bonds is 7. The molecule has 1 aromatic heterocycles. The van der Waals surface area contributed by atoms with E-state index in [0.717, 1.165) is 5.56 Å². The van der Waals surface area contributed by atoms with Crippen LogP contribution < -0.4 is 0 Å². The lowest BCUT2D eigenvalue weighted by Gasteiger charge is -2.37. The van der Waals surface area contributed by atoms with Gasteiger partial charge in [0, 0.05) is 32.1 Å². The molecule has 2 aromatic rings. The molecule has 0 saturated carbocycles. The Hall–Kier alpha value is -2.30. The molecule has 4 rings (SSSR count). The van der Waals surface area contributed by atoms with Gasteiger partial charge in [-0.3, -0.25) is 4.79 Å². The highest BCUT2D eigenvalue weighted by atomic mass is 32.2. The minimum atomic E-state index is -3.15. The molecule has 1 aromatic carbocycles. The molecule has 2 aliphatic rings. The van der Waals surface area contributed by atoms with Gasteiger partial charge in [-0.2, -0.15) is 4.98 Å². The summed E-state index contributed by atoms with van der Waals surface area (Å²) in [6.07, 6.45) is 2.59. The van der Waals surface area contributed by atoms with E-state index in [1.165, 1.54) is 10.6 Å². The molecule has 2 saturated heterocycles. The van der Waals surface area contributed by atoms with Crippen LogP contribution in [0.4, 0.5) is 0 Å². The number of aromatic nitrogens is 2. The average molecular weight is 435 g/mol. The van der Waals surface area contributed by atoms with E-state index in [9.17, 15) is 13.2 Å². The van der Waals surface area contributed by atoms with Crippen LogP contribution in [0.1, 0.15) is 42.0 Å². The van der Waals surface area contributed by atoms with Crippen molar-refractivity contribution in [1.82, 2.24) is 19.3 Å². The maximum absolute atomic E-state index is 12.2. The molecule has 162 valence electrons. The Balaban J connectivity index is 1.21. The van der Waals surface area contributed by atoms with Crippen molar-refractivity contribution >= 4 is 15.9 Å². The van der Waals surface area contributed by atoms with E-state index in [4.69, 9.17) is 9.26 Å². The molecule has 10 heteroatoms. The summed E-state index contributed by atoms with van der Waals surface area (Å²) in [4.78, 5) is 18.5. The van der Waals surface area contributed by atoms with E-state index < -0.39 is 10.0 Å². The Morgan fingerprint density at radius 1 is 1.17 bits per heavy atom. The third kappa shape index (κ3) is 4.88. The van der Waals surface area contributed by atoms with Crippen LogP contribution in [-0.4, -0.2) is 72.7 Å². The number of carbonyl (C=O) groups excluding carboxylic acids is 1. The van der Waals surface area contributed by atoms with Gasteiger partial charge in [-0.15, -0.1) is 0 Å². The molecular weight excluding hydrogens is 408 g/mol. The van der Waals surface area contributed by atoms with Crippen LogP contribution in [-0.2, 0) is 26.2 Å². The fourth-order valence-electron chi connectivity index (χ4n) is 3.78. The number of hydrogen-bond donors (Lipinski definition) is 0. The molecule has 0 unspecified atom stereocenters. The first-order valence-corrected chi connectivity index (χ1v) is 11.9. The van der Waals surface area contributed by atoms with Crippen LogP contribution >= 0.6 is 0 Å². The quantitative estimate of drug-likeness (QED) is 0.648. The fraction of sp³-hybridized carbons (Fsp3) is 0.550. The molecule has 0 atom stereocenters. The van der Waals surface area contributed by atoms with Crippen molar-refractivity contribution in [2.45, 2.75) is 31.3 Å². The Kier molecular flexibility index (Phi) is 6.16. The third-order valence-electron chi connectivity index (χ3n) is 5.67. The van der Waals surface area contributed by atoms with Crippen molar-refractivity contribution in [2.75, 3.05) is 39.0 Å². The van der Waals surface area contributed by atoms with Crippen molar-refractivity contribution in [3.63, 3.8) is 0 Å². The first kappa shape index (κ1) is 21.0. The first-order chi connectivity index (χ1) is 14.4. The molecule has 2 aliphatic heterocycles. The second kappa shape index (κ2) is 8.83. The van der Waals surface area contributed by atoms with E-state index >= 15 is 0 Å². The van der Waals surface area contributed by atoms with Gasteiger partial charge in [0.15, 0.2) is 5.82 Å². The number of sulfonamides is 1. The highest BCUT2D eigenvalue weighted by Crippen LogP contribution is 2.30. The van der Waals surface area contributed by atoms with Crippen molar-refractivity contribution in [2.24, 2.45) is 0 Å². The zero-order valence-electron chi connectivity index (χ0n) is 16.9. The SMILES string of the molecule is CS(=O)(=O)N1CCC(c2noc(C3CN(C(=O)COCc4ccccc4)C3)n2)CC1. The molecule has 3 heterocycles. The monoisotopic (exact) mass is 434 g/mol. The molecule has 0 aliphatic carbocycles. The van der Waals surface area contributed by atoms with Gasteiger partial charge in [0.1, 0.15) is 6.61 Å². The van der Waals surface area contributed by atoms with Gasteiger partial charge in [0.05, 0.1) is 18.8 Å².